The summed E-state index contributed by atoms with van der Waals surface area (Å²) in [5, 5.41) is 3.44. The molecule has 0 radical (unpaired) electrons. The van der Waals surface area contributed by atoms with Crippen molar-refractivity contribution in [2.75, 3.05) is 26.7 Å². The number of likely N-dealkylation sites (tertiary alicyclic amines) is 1. The van der Waals surface area contributed by atoms with Crippen LogP contribution in [0, 0.1) is 11.6 Å². The highest BCUT2D eigenvalue weighted by Gasteiger charge is 2.31. The number of nitrogens with zero attached hydrogens (tertiary/aromatic N) is 1. The lowest BCUT2D eigenvalue weighted by molar-refractivity contribution is 0.213. The number of rotatable bonds is 2. The SMILES string of the molecule is CN1CCC(N[C@H]2COc3cc(F)cc(F)c32)CC1. The molecule has 0 spiro atoms. The molecule has 2 aliphatic heterocycles. The van der Waals surface area contributed by atoms with Crippen LogP contribution in [-0.4, -0.2) is 37.7 Å². The van der Waals surface area contributed by atoms with E-state index >= 15 is 0 Å². The first-order valence-electron chi connectivity index (χ1n) is 6.70. The van der Waals surface area contributed by atoms with Crippen LogP contribution in [0.4, 0.5) is 8.78 Å². The van der Waals surface area contributed by atoms with Crippen LogP contribution < -0.4 is 10.1 Å². The maximum atomic E-state index is 13.8. The van der Waals surface area contributed by atoms with E-state index in [0.29, 0.717) is 24.0 Å². The van der Waals surface area contributed by atoms with Crippen molar-refractivity contribution in [2.45, 2.75) is 24.9 Å². The van der Waals surface area contributed by atoms with Crippen LogP contribution in [0.2, 0.25) is 0 Å². The molecular weight excluding hydrogens is 250 g/mol. The van der Waals surface area contributed by atoms with Crippen molar-refractivity contribution < 1.29 is 13.5 Å². The first-order valence-corrected chi connectivity index (χ1v) is 6.70. The molecule has 1 saturated heterocycles. The van der Waals surface area contributed by atoms with Crippen LogP contribution in [0.3, 0.4) is 0 Å². The fraction of sp³-hybridized carbons (Fsp3) is 0.571. The van der Waals surface area contributed by atoms with Gasteiger partial charge >= 0.3 is 0 Å². The molecule has 0 unspecified atom stereocenters. The fourth-order valence-electron chi connectivity index (χ4n) is 2.87. The monoisotopic (exact) mass is 268 g/mol. The van der Waals surface area contributed by atoms with E-state index in [1.807, 2.05) is 0 Å². The molecule has 3 rings (SSSR count). The normalized spacial score (nSPS) is 24.3. The van der Waals surface area contributed by atoms with Gasteiger partial charge in [0.05, 0.1) is 11.6 Å². The molecule has 0 aliphatic carbocycles. The Kier molecular flexibility index (Phi) is 3.41. The van der Waals surface area contributed by atoms with Crippen molar-refractivity contribution in [3.8, 4) is 5.75 Å². The summed E-state index contributed by atoms with van der Waals surface area (Å²) in [7, 11) is 2.10. The average molecular weight is 268 g/mol. The highest BCUT2D eigenvalue weighted by Crippen LogP contribution is 2.35. The summed E-state index contributed by atoms with van der Waals surface area (Å²) < 4.78 is 32.3. The highest BCUT2D eigenvalue weighted by molar-refractivity contribution is 5.41. The Bertz CT molecular complexity index is 473. The maximum Gasteiger partial charge on any atom is 0.134 e. The minimum Gasteiger partial charge on any atom is -0.491 e. The van der Waals surface area contributed by atoms with E-state index in [1.165, 1.54) is 6.07 Å². The van der Waals surface area contributed by atoms with Gasteiger partial charge in [-0.05, 0) is 33.0 Å². The minimum absolute atomic E-state index is 0.163. The first kappa shape index (κ1) is 12.8. The third-order valence-electron chi connectivity index (χ3n) is 3.97. The van der Waals surface area contributed by atoms with Crippen molar-refractivity contribution >= 4 is 0 Å². The van der Waals surface area contributed by atoms with Gasteiger partial charge in [0.25, 0.3) is 0 Å². The number of halogens is 2. The molecule has 2 aliphatic rings. The molecule has 19 heavy (non-hydrogen) atoms. The molecule has 1 aromatic carbocycles. The van der Waals surface area contributed by atoms with Gasteiger partial charge in [-0.2, -0.15) is 0 Å². The van der Waals surface area contributed by atoms with Crippen molar-refractivity contribution in [3.05, 3.63) is 29.3 Å². The third kappa shape index (κ3) is 2.58. The Morgan fingerprint density at radius 3 is 2.74 bits per heavy atom. The molecule has 5 heteroatoms. The number of piperidine rings is 1. The molecular formula is C14H18F2N2O. The van der Waals surface area contributed by atoms with Gasteiger partial charge in [-0.3, -0.25) is 0 Å². The molecule has 1 atom stereocenters. The van der Waals surface area contributed by atoms with Crippen LogP contribution in [0.25, 0.3) is 0 Å². The van der Waals surface area contributed by atoms with Gasteiger partial charge in [0, 0.05) is 18.2 Å². The van der Waals surface area contributed by atoms with Gasteiger partial charge in [0.1, 0.15) is 24.0 Å². The van der Waals surface area contributed by atoms with Gasteiger partial charge in [-0.15, -0.1) is 0 Å². The Hall–Kier alpha value is -1.20. The summed E-state index contributed by atoms with van der Waals surface area (Å²) in [5.74, 6) is -0.767. The van der Waals surface area contributed by atoms with Gasteiger partial charge in [-0.25, -0.2) is 8.78 Å². The number of hydrogen-bond acceptors (Lipinski definition) is 3. The van der Waals surface area contributed by atoms with E-state index in [9.17, 15) is 8.78 Å². The number of fused-ring (bicyclic) bond motifs is 1. The zero-order valence-corrected chi connectivity index (χ0v) is 11.0. The van der Waals surface area contributed by atoms with E-state index < -0.39 is 11.6 Å². The van der Waals surface area contributed by atoms with Crippen LogP contribution in [0.1, 0.15) is 24.4 Å². The smallest absolute Gasteiger partial charge is 0.134 e. The second kappa shape index (κ2) is 5.06. The summed E-state index contributed by atoms with van der Waals surface area (Å²) in [4.78, 5) is 2.28. The maximum absolute atomic E-state index is 13.8. The number of nitrogens with one attached hydrogen (secondary N) is 1. The zero-order chi connectivity index (χ0) is 13.4. The van der Waals surface area contributed by atoms with Gasteiger partial charge in [0.2, 0.25) is 0 Å². The van der Waals surface area contributed by atoms with Crippen molar-refractivity contribution in [3.63, 3.8) is 0 Å². The van der Waals surface area contributed by atoms with E-state index in [0.717, 1.165) is 32.0 Å². The molecule has 0 bridgehead atoms. The quantitative estimate of drug-likeness (QED) is 0.889. The molecule has 1 N–H and O–H groups in total. The van der Waals surface area contributed by atoms with Crippen LogP contribution in [0.15, 0.2) is 12.1 Å². The molecule has 0 amide bonds. The molecule has 0 aromatic heterocycles. The molecule has 0 saturated carbocycles. The van der Waals surface area contributed by atoms with Crippen LogP contribution in [0.5, 0.6) is 5.75 Å². The molecule has 1 fully saturated rings. The summed E-state index contributed by atoms with van der Waals surface area (Å²) in [6.07, 6.45) is 2.09. The van der Waals surface area contributed by atoms with Gasteiger partial charge in [0.15, 0.2) is 0 Å². The number of hydrogen-bond donors (Lipinski definition) is 1. The average Bonchev–Trinajstić information content (AvgIpc) is 2.75. The predicted octanol–water partition coefficient (Wildman–Crippen LogP) is 2.08. The van der Waals surface area contributed by atoms with Crippen LogP contribution >= 0.6 is 0 Å². The van der Waals surface area contributed by atoms with Gasteiger partial charge < -0.3 is 15.0 Å². The Balaban J connectivity index is 1.72. The molecule has 104 valence electrons. The molecule has 2 heterocycles. The zero-order valence-electron chi connectivity index (χ0n) is 11.0. The third-order valence-corrected chi connectivity index (χ3v) is 3.97. The first-order chi connectivity index (χ1) is 9.13. The lowest BCUT2D eigenvalue weighted by atomic mass is 10.0. The standard InChI is InChI=1S/C14H18F2N2O/c1-18-4-2-10(3-5-18)17-12-8-19-13-7-9(15)6-11(16)14(12)13/h6-7,10,12,17H,2-5,8H2,1H3/t12-/m0/s1. The van der Waals surface area contributed by atoms with E-state index in [4.69, 9.17) is 4.74 Å². The predicted molar refractivity (Wildman–Crippen MR) is 68.2 cm³/mol. The lowest BCUT2D eigenvalue weighted by Crippen LogP contribution is -2.42. The van der Waals surface area contributed by atoms with Crippen molar-refractivity contribution in [1.82, 2.24) is 10.2 Å². The number of benzene rings is 1. The number of ether oxygens (including phenoxy) is 1. The fourth-order valence-corrected chi connectivity index (χ4v) is 2.87. The second-order valence-electron chi connectivity index (χ2n) is 5.41. The summed E-state index contributed by atoms with van der Waals surface area (Å²) in [5.41, 5.74) is 0.473. The topological polar surface area (TPSA) is 24.5 Å². The Labute approximate surface area is 111 Å². The van der Waals surface area contributed by atoms with Gasteiger partial charge in [-0.1, -0.05) is 0 Å². The summed E-state index contributed by atoms with van der Waals surface area (Å²) in [6.45, 7) is 2.47. The van der Waals surface area contributed by atoms with Crippen molar-refractivity contribution in [2.24, 2.45) is 0 Å². The highest BCUT2D eigenvalue weighted by atomic mass is 19.1. The molecule has 3 nitrogen and oxygen atoms in total. The van der Waals surface area contributed by atoms with E-state index in [1.54, 1.807) is 0 Å². The lowest BCUT2D eigenvalue weighted by Gasteiger charge is -2.31. The van der Waals surface area contributed by atoms with E-state index in [2.05, 4.69) is 17.3 Å². The second-order valence-corrected chi connectivity index (χ2v) is 5.41. The molecule has 1 aromatic rings. The van der Waals surface area contributed by atoms with E-state index in [-0.39, 0.29) is 6.04 Å². The Morgan fingerprint density at radius 2 is 2.00 bits per heavy atom. The van der Waals surface area contributed by atoms with Crippen LogP contribution in [-0.2, 0) is 0 Å². The minimum atomic E-state index is -0.587. The summed E-state index contributed by atoms with van der Waals surface area (Å²) >= 11 is 0. The summed E-state index contributed by atoms with van der Waals surface area (Å²) in [6, 6.07) is 2.40. The van der Waals surface area contributed by atoms with Crippen molar-refractivity contribution in [1.29, 1.82) is 0 Å². The largest absolute Gasteiger partial charge is 0.491 e. The Morgan fingerprint density at radius 1 is 1.26 bits per heavy atom.